The van der Waals surface area contributed by atoms with Gasteiger partial charge in [0.25, 0.3) is 0 Å². The van der Waals surface area contributed by atoms with Gasteiger partial charge in [0, 0.05) is 38.5 Å². The van der Waals surface area contributed by atoms with Crippen molar-refractivity contribution < 1.29 is 0 Å². The van der Waals surface area contributed by atoms with Gasteiger partial charge in [0.2, 0.25) is 0 Å². The molecule has 11 aromatic rings. The lowest BCUT2D eigenvalue weighted by Gasteiger charge is -2.37. The fourth-order valence-electron chi connectivity index (χ4n) is 9.62. The highest BCUT2D eigenvalue weighted by Gasteiger charge is 2.30. The summed E-state index contributed by atoms with van der Waals surface area (Å²) in [5.41, 5.74) is 17.1. The molecule has 0 N–H and O–H groups in total. The monoisotopic (exact) mass is 807 g/mol. The largest absolute Gasteiger partial charge is 0.309 e. The van der Waals surface area contributed by atoms with Gasteiger partial charge in [0.1, 0.15) is 5.82 Å². The summed E-state index contributed by atoms with van der Waals surface area (Å²) in [4.78, 5) is 19.1. The molecular formula is C58H41N5. The van der Waals surface area contributed by atoms with Crippen molar-refractivity contribution >= 4 is 60.7 Å². The zero-order chi connectivity index (χ0) is 41.9. The zero-order valence-corrected chi connectivity index (χ0v) is 34.8. The lowest BCUT2D eigenvalue weighted by molar-refractivity contribution is 0.970. The number of aromatic nitrogens is 4. The van der Waals surface area contributed by atoms with Crippen LogP contribution in [0.4, 0.5) is 11.4 Å². The number of fused-ring (bicyclic) bond motifs is 7. The van der Waals surface area contributed by atoms with Crippen molar-refractivity contribution in [3.8, 4) is 39.6 Å². The highest BCUT2D eigenvalue weighted by Crippen LogP contribution is 2.48. The van der Waals surface area contributed by atoms with Gasteiger partial charge in [-0.05, 0) is 65.3 Å². The van der Waals surface area contributed by atoms with Crippen molar-refractivity contribution in [3.05, 3.63) is 223 Å². The van der Waals surface area contributed by atoms with E-state index in [0.29, 0.717) is 0 Å². The van der Waals surface area contributed by atoms with E-state index < -0.39 is 0 Å². The number of benzene rings is 8. The summed E-state index contributed by atoms with van der Waals surface area (Å²) in [5.74, 6) is 0.879. The molecule has 0 saturated carbocycles. The smallest absolute Gasteiger partial charge is 0.145 e. The zero-order valence-electron chi connectivity index (χ0n) is 34.8. The molecule has 1 aliphatic rings. The number of anilines is 2. The summed E-state index contributed by atoms with van der Waals surface area (Å²) in [6.45, 7) is 2.28. The van der Waals surface area contributed by atoms with Gasteiger partial charge in [-0.15, -0.1) is 0 Å². The standard InChI is InChI=1S/C58H41N5/c1-2-38-35-44-27-15-17-29-50(44)62(57(38)42-23-11-5-12-24-42)52-36-48(39-19-7-3-8-20-39)59-55-45(52)33-31-41-32-34-46-53(37-49(60-56(46)54(41)55)40-21-9-4-10-22-40)63-51-30-18-16-28-47(51)61-58(63)43-25-13-6-14-26-43/h3-34,36-37H,2,35H2,1H3. The van der Waals surface area contributed by atoms with Gasteiger partial charge in [-0.25, -0.2) is 15.0 Å². The van der Waals surface area contributed by atoms with Gasteiger partial charge in [0.05, 0.1) is 50.5 Å². The Kier molecular flexibility index (Phi) is 8.78. The Morgan fingerprint density at radius 3 is 1.62 bits per heavy atom. The molecule has 0 unspecified atom stereocenters. The molecule has 5 nitrogen and oxygen atoms in total. The van der Waals surface area contributed by atoms with Crippen LogP contribution in [-0.4, -0.2) is 19.5 Å². The summed E-state index contributed by atoms with van der Waals surface area (Å²) < 4.78 is 2.32. The number of pyridine rings is 2. The second-order valence-electron chi connectivity index (χ2n) is 16.2. The van der Waals surface area contributed by atoms with E-state index in [4.69, 9.17) is 15.0 Å². The summed E-state index contributed by atoms with van der Waals surface area (Å²) in [6, 6.07) is 73.3. The van der Waals surface area contributed by atoms with E-state index in [9.17, 15) is 0 Å². The first-order chi connectivity index (χ1) is 31.2. The Bertz CT molecular complexity index is 3560. The van der Waals surface area contributed by atoms with E-state index in [1.54, 1.807) is 0 Å². The van der Waals surface area contributed by atoms with E-state index >= 15 is 0 Å². The molecule has 63 heavy (non-hydrogen) atoms. The Hall–Kier alpha value is -8.15. The molecule has 8 aromatic carbocycles. The van der Waals surface area contributed by atoms with Crippen LogP contribution in [0.3, 0.4) is 0 Å². The summed E-state index contributed by atoms with van der Waals surface area (Å²) in [7, 11) is 0. The second kappa shape index (κ2) is 15.1. The number of para-hydroxylation sites is 3. The molecule has 5 heteroatoms. The maximum Gasteiger partial charge on any atom is 0.145 e. The minimum Gasteiger partial charge on any atom is -0.309 e. The molecule has 0 saturated heterocycles. The molecule has 0 atom stereocenters. The van der Waals surface area contributed by atoms with Gasteiger partial charge in [-0.3, -0.25) is 4.57 Å². The Labute approximate surface area is 365 Å². The molecule has 0 radical (unpaired) electrons. The SMILES string of the molecule is CCC1=C(c2ccccc2)N(c2cc(-c3ccccc3)nc3c2ccc2ccc4c(-n5c(-c6ccccc6)nc6ccccc65)cc(-c5ccccc5)nc4c23)c2ccccc2C1. The Morgan fingerprint density at radius 2 is 0.984 bits per heavy atom. The topological polar surface area (TPSA) is 46.8 Å². The van der Waals surface area contributed by atoms with Crippen molar-refractivity contribution in [1.82, 2.24) is 19.5 Å². The first kappa shape index (κ1) is 36.7. The molecule has 3 aromatic heterocycles. The maximum atomic E-state index is 5.68. The van der Waals surface area contributed by atoms with E-state index in [1.165, 1.54) is 28.1 Å². The van der Waals surface area contributed by atoms with Crippen LogP contribution in [0.2, 0.25) is 0 Å². The third-order valence-corrected chi connectivity index (χ3v) is 12.6. The van der Waals surface area contributed by atoms with Crippen molar-refractivity contribution in [2.45, 2.75) is 19.8 Å². The van der Waals surface area contributed by atoms with Crippen molar-refractivity contribution in [1.29, 1.82) is 0 Å². The fraction of sp³-hybridized carbons (Fsp3) is 0.0517. The Balaban J connectivity index is 1.23. The first-order valence-corrected chi connectivity index (χ1v) is 21.7. The average molecular weight is 808 g/mol. The highest BCUT2D eigenvalue weighted by atomic mass is 15.2. The average Bonchev–Trinajstić information content (AvgIpc) is 3.75. The van der Waals surface area contributed by atoms with Crippen LogP contribution in [0, 0.1) is 0 Å². The quantitative estimate of drug-likeness (QED) is 0.151. The van der Waals surface area contributed by atoms with Crippen molar-refractivity contribution in [2.24, 2.45) is 0 Å². The van der Waals surface area contributed by atoms with Crippen LogP contribution >= 0.6 is 0 Å². The molecular weight excluding hydrogens is 767 g/mol. The lowest BCUT2D eigenvalue weighted by atomic mass is 9.89. The van der Waals surface area contributed by atoms with Crippen molar-refractivity contribution in [2.75, 3.05) is 4.90 Å². The number of rotatable bonds is 7. The van der Waals surface area contributed by atoms with E-state index in [0.717, 1.165) is 102 Å². The normalized spacial score (nSPS) is 12.7. The molecule has 12 rings (SSSR count). The predicted octanol–water partition coefficient (Wildman–Crippen LogP) is 14.8. The minimum atomic E-state index is 0.879. The third-order valence-electron chi connectivity index (χ3n) is 12.6. The van der Waals surface area contributed by atoms with Crippen molar-refractivity contribution in [3.63, 3.8) is 0 Å². The van der Waals surface area contributed by atoms with Crippen LogP contribution < -0.4 is 4.90 Å². The second-order valence-corrected chi connectivity index (χ2v) is 16.2. The number of imidazole rings is 1. The van der Waals surface area contributed by atoms with Gasteiger partial charge < -0.3 is 4.90 Å². The molecule has 0 amide bonds. The van der Waals surface area contributed by atoms with Crippen LogP contribution in [0.1, 0.15) is 24.5 Å². The van der Waals surface area contributed by atoms with E-state index in [1.807, 2.05) is 0 Å². The molecule has 0 bridgehead atoms. The van der Waals surface area contributed by atoms with Gasteiger partial charge in [0.15, 0.2) is 0 Å². The molecule has 4 heterocycles. The first-order valence-electron chi connectivity index (χ1n) is 21.7. The minimum absolute atomic E-state index is 0.879. The molecule has 298 valence electrons. The van der Waals surface area contributed by atoms with Crippen LogP contribution in [0.25, 0.3) is 88.9 Å². The third kappa shape index (κ3) is 6.12. The summed E-state index contributed by atoms with van der Waals surface area (Å²) >= 11 is 0. The molecule has 0 aliphatic carbocycles. The molecule has 0 fully saturated rings. The van der Waals surface area contributed by atoms with Gasteiger partial charge in [-0.2, -0.15) is 0 Å². The summed E-state index contributed by atoms with van der Waals surface area (Å²) in [6.07, 6.45) is 1.83. The predicted molar refractivity (Wildman–Crippen MR) is 261 cm³/mol. The van der Waals surface area contributed by atoms with E-state index in [-0.39, 0.29) is 0 Å². The Morgan fingerprint density at radius 1 is 0.460 bits per heavy atom. The van der Waals surface area contributed by atoms with Crippen LogP contribution in [0.15, 0.2) is 212 Å². The van der Waals surface area contributed by atoms with Gasteiger partial charge in [-0.1, -0.05) is 183 Å². The molecule has 1 aliphatic heterocycles. The van der Waals surface area contributed by atoms with Crippen LogP contribution in [0.5, 0.6) is 0 Å². The number of hydrogen-bond acceptors (Lipinski definition) is 4. The maximum absolute atomic E-state index is 5.68. The number of nitrogens with zero attached hydrogens (tertiary/aromatic N) is 5. The number of allylic oxidation sites excluding steroid dienone is 1. The fourth-order valence-corrected chi connectivity index (χ4v) is 9.62. The number of hydrogen-bond donors (Lipinski definition) is 0. The van der Waals surface area contributed by atoms with Gasteiger partial charge >= 0.3 is 0 Å². The summed E-state index contributed by atoms with van der Waals surface area (Å²) in [5, 5.41) is 4.17. The molecule has 0 spiro atoms. The highest BCUT2D eigenvalue weighted by molar-refractivity contribution is 6.22. The van der Waals surface area contributed by atoms with E-state index in [2.05, 4.69) is 223 Å². The lowest BCUT2D eigenvalue weighted by Crippen LogP contribution is -2.23. The van der Waals surface area contributed by atoms with Crippen LogP contribution in [-0.2, 0) is 6.42 Å².